The fraction of sp³-hybridized carbons (Fsp3) is 0.188. The van der Waals surface area contributed by atoms with Crippen molar-refractivity contribution in [3.8, 4) is 5.75 Å². The van der Waals surface area contributed by atoms with Crippen molar-refractivity contribution >= 4 is 29.3 Å². The standard InChI is InChI=1S/C16H15ClO3S/c1-20-15-8-11(6-7-13(15)16(18)19)9-21-10-12-4-2-3-5-14(12)17/h2-8H,9-10H2,1H3,(H,18,19). The molecule has 0 radical (unpaired) electrons. The Balaban J connectivity index is 2.01. The average molecular weight is 323 g/mol. The highest BCUT2D eigenvalue weighted by Gasteiger charge is 2.11. The van der Waals surface area contributed by atoms with Gasteiger partial charge >= 0.3 is 5.97 Å². The summed E-state index contributed by atoms with van der Waals surface area (Å²) in [5.41, 5.74) is 2.30. The summed E-state index contributed by atoms with van der Waals surface area (Å²) in [5, 5.41) is 9.81. The molecule has 110 valence electrons. The van der Waals surface area contributed by atoms with E-state index in [-0.39, 0.29) is 5.56 Å². The van der Waals surface area contributed by atoms with Crippen molar-refractivity contribution in [2.75, 3.05) is 7.11 Å². The number of ether oxygens (including phenoxy) is 1. The molecule has 0 spiro atoms. The Hall–Kier alpha value is -1.65. The summed E-state index contributed by atoms with van der Waals surface area (Å²) in [7, 11) is 1.47. The smallest absolute Gasteiger partial charge is 0.339 e. The van der Waals surface area contributed by atoms with Crippen LogP contribution in [0, 0.1) is 0 Å². The van der Waals surface area contributed by atoms with Crippen LogP contribution in [0.25, 0.3) is 0 Å². The molecule has 3 nitrogen and oxygen atoms in total. The first-order chi connectivity index (χ1) is 10.1. The zero-order valence-corrected chi connectivity index (χ0v) is 13.1. The zero-order valence-electron chi connectivity index (χ0n) is 11.5. The lowest BCUT2D eigenvalue weighted by molar-refractivity contribution is 0.0693. The number of benzene rings is 2. The van der Waals surface area contributed by atoms with E-state index in [2.05, 4.69) is 0 Å². The molecule has 1 N–H and O–H groups in total. The summed E-state index contributed by atoms with van der Waals surface area (Å²) in [4.78, 5) is 11.0. The van der Waals surface area contributed by atoms with Crippen LogP contribution in [0.5, 0.6) is 5.75 Å². The molecule has 0 atom stereocenters. The van der Waals surface area contributed by atoms with Gasteiger partial charge in [-0.1, -0.05) is 35.9 Å². The minimum Gasteiger partial charge on any atom is -0.496 e. The van der Waals surface area contributed by atoms with Gasteiger partial charge in [-0.15, -0.1) is 0 Å². The van der Waals surface area contributed by atoms with E-state index in [0.717, 1.165) is 27.7 Å². The monoisotopic (exact) mass is 322 g/mol. The predicted octanol–water partition coefficient (Wildman–Crippen LogP) is 4.48. The largest absolute Gasteiger partial charge is 0.496 e. The number of carbonyl (C=O) groups is 1. The molecule has 0 heterocycles. The van der Waals surface area contributed by atoms with Crippen molar-refractivity contribution in [3.05, 3.63) is 64.2 Å². The summed E-state index contributed by atoms with van der Waals surface area (Å²) in [6.07, 6.45) is 0. The number of methoxy groups -OCH3 is 1. The van der Waals surface area contributed by atoms with Gasteiger partial charge in [-0.2, -0.15) is 11.8 Å². The number of aromatic carboxylic acids is 1. The molecule has 0 amide bonds. The summed E-state index contributed by atoms with van der Waals surface area (Å²) in [6.45, 7) is 0. The highest BCUT2D eigenvalue weighted by Crippen LogP contribution is 2.26. The van der Waals surface area contributed by atoms with E-state index < -0.39 is 5.97 Å². The number of thioether (sulfide) groups is 1. The van der Waals surface area contributed by atoms with Crippen LogP contribution in [-0.2, 0) is 11.5 Å². The Kier molecular flexibility index (Phi) is 5.53. The lowest BCUT2D eigenvalue weighted by Gasteiger charge is -2.08. The number of halogens is 1. The third-order valence-electron chi connectivity index (χ3n) is 2.98. The lowest BCUT2D eigenvalue weighted by Crippen LogP contribution is -2.01. The molecule has 0 bridgehead atoms. The van der Waals surface area contributed by atoms with Gasteiger partial charge in [0.1, 0.15) is 11.3 Å². The first-order valence-electron chi connectivity index (χ1n) is 6.33. The maximum absolute atomic E-state index is 11.0. The molecule has 0 saturated carbocycles. The molecule has 0 aliphatic heterocycles. The number of carboxylic acid groups (broad SMARTS) is 1. The van der Waals surface area contributed by atoms with E-state index in [4.69, 9.17) is 21.4 Å². The van der Waals surface area contributed by atoms with Gasteiger partial charge in [0.25, 0.3) is 0 Å². The summed E-state index contributed by atoms with van der Waals surface area (Å²) in [6, 6.07) is 12.9. The van der Waals surface area contributed by atoms with Crippen LogP contribution in [0.2, 0.25) is 5.02 Å². The van der Waals surface area contributed by atoms with Crippen molar-refractivity contribution in [1.29, 1.82) is 0 Å². The van der Waals surface area contributed by atoms with Crippen LogP contribution in [-0.4, -0.2) is 18.2 Å². The Labute approximate surface area is 132 Å². The van der Waals surface area contributed by atoms with E-state index in [9.17, 15) is 4.79 Å². The molecular formula is C16H15ClO3S. The normalized spacial score (nSPS) is 10.4. The van der Waals surface area contributed by atoms with Crippen LogP contribution in [0.1, 0.15) is 21.5 Å². The third kappa shape index (κ3) is 4.16. The topological polar surface area (TPSA) is 46.5 Å². The second kappa shape index (κ2) is 7.38. The second-order valence-corrected chi connectivity index (χ2v) is 5.82. The predicted molar refractivity (Wildman–Crippen MR) is 86.4 cm³/mol. The fourth-order valence-electron chi connectivity index (χ4n) is 1.90. The molecule has 0 unspecified atom stereocenters. The van der Waals surface area contributed by atoms with E-state index in [1.165, 1.54) is 7.11 Å². The minimum absolute atomic E-state index is 0.178. The van der Waals surface area contributed by atoms with E-state index >= 15 is 0 Å². The van der Waals surface area contributed by atoms with E-state index in [0.29, 0.717) is 5.75 Å². The van der Waals surface area contributed by atoms with Crippen LogP contribution in [0.4, 0.5) is 0 Å². The molecule has 0 aromatic heterocycles. The van der Waals surface area contributed by atoms with E-state index in [1.807, 2.05) is 30.3 Å². The SMILES string of the molecule is COc1cc(CSCc2ccccc2Cl)ccc1C(=O)O. The Morgan fingerprint density at radius 3 is 2.67 bits per heavy atom. The van der Waals surface area contributed by atoms with Crippen molar-refractivity contribution < 1.29 is 14.6 Å². The molecule has 21 heavy (non-hydrogen) atoms. The van der Waals surface area contributed by atoms with Gasteiger partial charge < -0.3 is 9.84 Å². The number of hydrogen-bond acceptors (Lipinski definition) is 3. The third-order valence-corrected chi connectivity index (χ3v) is 4.40. The van der Waals surface area contributed by atoms with Crippen molar-refractivity contribution in [2.24, 2.45) is 0 Å². The molecule has 0 aliphatic rings. The number of rotatable bonds is 6. The average Bonchev–Trinajstić information content (AvgIpc) is 2.48. The van der Waals surface area contributed by atoms with Gasteiger partial charge in [0.15, 0.2) is 0 Å². The van der Waals surface area contributed by atoms with Gasteiger partial charge in [0.05, 0.1) is 7.11 Å². The summed E-state index contributed by atoms with van der Waals surface area (Å²) >= 11 is 7.83. The maximum atomic E-state index is 11.0. The highest BCUT2D eigenvalue weighted by atomic mass is 35.5. The van der Waals surface area contributed by atoms with E-state index in [1.54, 1.807) is 23.9 Å². The first-order valence-corrected chi connectivity index (χ1v) is 7.86. The highest BCUT2D eigenvalue weighted by molar-refractivity contribution is 7.97. The van der Waals surface area contributed by atoms with Crippen LogP contribution >= 0.6 is 23.4 Å². The van der Waals surface area contributed by atoms with Gasteiger partial charge in [-0.25, -0.2) is 4.79 Å². The second-order valence-electron chi connectivity index (χ2n) is 4.42. The lowest BCUT2D eigenvalue weighted by atomic mass is 10.1. The van der Waals surface area contributed by atoms with Gasteiger partial charge in [0, 0.05) is 16.5 Å². The molecule has 2 aromatic carbocycles. The van der Waals surface area contributed by atoms with Gasteiger partial charge in [-0.3, -0.25) is 0 Å². The van der Waals surface area contributed by atoms with Crippen molar-refractivity contribution in [2.45, 2.75) is 11.5 Å². The minimum atomic E-state index is -0.984. The molecule has 0 aliphatic carbocycles. The quantitative estimate of drug-likeness (QED) is 0.851. The fourth-order valence-corrected chi connectivity index (χ4v) is 3.17. The van der Waals surface area contributed by atoms with Crippen molar-refractivity contribution in [1.82, 2.24) is 0 Å². The number of hydrogen-bond donors (Lipinski definition) is 1. The molecular weight excluding hydrogens is 308 g/mol. The van der Waals surface area contributed by atoms with Crippen LogP contribution in [0.3, 0.4) is 0 Å². The van der Waals surface area contributed by atoms with Crippen LogP contribution in [0.15, 0.2) is 42.5 Å². The van der Waals surface area contributed by atoms with Gasteiger partial charge in [-0.05, 0) is 29.3 Å². The molecule has 2 rings (SSSR count). The Bertz CT molecular complexity index is 643. The first kappa shape index (κ1) is 15.7. The zero-order chi connectivity index (χ0) is 15.2. The summed E-state index contributed by atoms with van der Waals surface area (Å²) < 4.78 is 5.12. The number of carboxylic acids is 1. The maximum Gasteiger partial charge on any atom is 0.339 e. The molecule has 0 saturated heterocycles. The Morgan fingerprint density at radius 1 is 1.24 bits per heavy atom. The molecule has 2 aromatic rings. The van der Waals surface area contributed by atoms with Gasteiger partial charge in [0.2, 0.25) is 0 Å². The van der Waals surface area contributed by atoms with Crippen molar-refractivity contribution in [3.63, 3.8) is 0 Å². The molecule has 0 fully saturated rings. The summed E-state index contributed by atoms with van der Waals surface area (Å²) in [5.74, 6) is 0.977. The molecule has 5 heteroatoms. The Morgan fingerprint density at radius 2 is 2.00 bits per heavy atom. The van der Waals surface area contributed by atoms with Crippen LogP contribution < -0.4 is 4.74 Å².